The molecule has 0 bridgehead atoms. The zero-order chi connectivity index (χ0) is 16.1. The molecule has 1 aromatic heterocycles. The monoisotopic (exact) mass is 347 g/mol. The van der Waals surface area contributed by atoms with Crippen molar-refractivity contribution in [2.24, 2.45) is 0 Å². The van der Waals surface area contributed by atoms with Gasteiger partial charge in [-0.15, -0.1) is 0 Å². The third-order valence-corrected chi connectivity index (χ3v) is 5.48. The van der Waals surface area contributed by atoms with Gasteiger partial charge >= 0.3 is 0 Å². The summed E-state index contributed by atoms with van der Waals surface area (Å²) in [7, 11) is -3.62. The highest BCUT2D eigenvalue weighted by atomic mass is 35.5. The van der Waals surface area contributed by atoms with Gasteiger partial charge in [-0.3, -0.25) is 0 Å². The summed E-state index contributed by atoms with van der Waals surface area (Å²) in [5.74, 6) is -3.23. The standard InChI is InChI=1S/C13H11ClFNO5S/c14-8-4-1-3-7(9(8)15)12-10(17)11(18)13(21-12)16-5-2-6-22(16,19)20/h1,3-4,17-18H,2,5-6H2. The molecule has 1 fully saturated rings. The average molecular weight is 348 g/mol. The van der Waals surface area contributed by atoms with Gasteiger partial charge in [0.05, 0.1) is 16.3 Å². The number of halogens is 2. The van der Waals surface area contributed by atoms with Gasteiger partial charge in [-0.1, -0.05) is 17.7 Å². The molecule has 0 spiro atoms. The van der Waals surface area contributed by atoms with Crippen molar-refractivity contribution >= 4 is 27.5 Å². The van der Waals surface area contributed by atoms with E-state index in [9.17, 15) is 23.0 Å². The van der Waals surface area contributed by atoms with Crippen LogP contribution in [0.15, 0.2) is 22.6 Å². The number of sulfonamides is 1. The Labute approximate surface area is 130 Å². The smallest absolute Gasteiger partial charge is 0.256 e. The second kappa shape index (κ2) is 5.06. The Balaban J connectivity index is 2.16. The summed E-state index contributed by atoms with van der Waals surface area (Å²) in [4.78, 5) is 0. The Hall–Kier alpha value is -1.93. The van der Waals surface area contributed by atoms with Gasteiger partial charge in [-0.25, -0.2) is 17.1 Å². The third-order valence-electron chi connectivity index (χ3n) is 3.36. The van der Waals surface area contributed by atoms with E-state index in [1.54, 1.807) is 0 Å². The number of furan rings is 1. The van der Waals surface area contributed by atoms with Crippen molar-refractivity contribution in [1.82, 2.24) is 0 Å². The molecule has 0 unspecified atom stereocenters. The molecule has 6 nitrogen and oxygen atoms in total. The fourth-order valence-corrected chi connectivity index (χ4v) is 3.97. The van der Waals surface area contributed by atoms with E-state index in [-0.39, 0.29) is 28.6 Å². The Bertz CT molecular complexity index is 848. The summed E-state index contributed by atoms with van der Waals surface area (Å²) >= 11 is 5.67. The van der Waals surface area contributed by atoms with E-state index >= 15 is 0 Å². The maximum atomic E-state index is 14.0. The van der Waals surface area contributed by atoms with Crippen molar-refractivity contribution in [3.05, 3.63) is 29.0 Å². The summed E-state index contributed by atoms with van der Waals surface area (Å²) in [6.07, 6.45) is 0.365. The Kier molecular flexibility index (Phi) is 3.45. The molecule has 1 aliphatic rings. The number of nitrogens with zero attached hydrogens (tertiary/aromatic N) is 1. The van der Waals surface area contributed by atoms with Crippen LogP contribution in [0.2, 0.25) is 5.02 Å². The molecule has 0 amide bonds. The van der Waals surface area contributed by atoms with E-state index in [4.69, 9.17) is 16.0 Å². The molecule has 2 aromatic rings. The van der Waals surface area contributed by atoms with Crippen LogP contribution in [0.25, 0.3) is 11.3 Å². The summed E-state index contributed by atoms with van der Waals surface area (Å²) in [6, 6.07) is 4.04. The summed E-state index contributed by atoms with van der Waals surface area (Å²) < 4.78 is 43.9. The van der Waals surface area contributed by atoms with Crippen LogP contribution in [0, 0.1) is 5.82 Å². The molecule has 1 saturated heterocycles. The lowest BCUT2D eigenvalue weighted by Crippen LogP contribution is -2.24. The highest BCUT2D eigenvalue weighted by Gasteiger charge is 2.36. The molecule has 1 aromatic carbocycles. The molecular formula is C13H11ClFNO5S. The van der Waals surface area contributed by atoms with Crippen molar-refractivity contribution in [2.45, 2.75) is 6.42 Å². The number of benzene rings is 1. The van der Waals surface area contributed by atoms with Gasteiger partial charge < -0.3 is 14.6 Å². The van der Waals surface area contributed by atoms with Crippen LogP contribution < -0.4 is 4.31 Å². The van der Waals surface area contributed by atoms with Gasteiger partial charge in [0.1, 0.15) is 0 Å². The molecular weight excluding hydrogens is 337 g/mol. The second-order valence-electron chi connectivity index (χ2n) is 4.78. The molecule has 0 radical (unpaired) electrons. The Morgan fingerprint density at radius 1 is 1.27 bits per heavy atom. The van der Waals surface area contributed by atoms with Crippen LogP contribution in [0.4, 0.5) is 10.3 Å². The first-order valence-electron chi connectivity index (χ1n) is 6.32. The molecule has 0 atom stereocenters. The first kappa shape index (κ1) is 15.0. The predicted octanol–water partition coefficient (Wildman–Crippen LogP) is 2.69. The highest BCUT2D eigenvalue weighted by Crippen LogP contribution is 2.49. The molecule has 9 heteroatoms. The minimum atomic E-state index is -3.62. The molecule has 118 valence electrons. The fraction of sp³-hybridized carbons (Fsp3) is 0.231. The zero-order valence-electron chi connectivity index (χ0n) is 11.1. The van der Waals surface area contributed by atoms with Crippen molar-refractivity contribution in [3.8, 4) is 22.8 Å². The van der Waals surface area contributed by atoms with Gasteiger partial charge in [0.2, 0.25) is 21.5 Å². The van der Waals surface area contributed by atoms with E-state index < -0.39 is 33.2 Å². The third kappa shape index (κ3) is 2.19. The summed E-state index contributed by atoms with van der Waals surface area (Å²) in [5.41, 5.74) is -0.178. The Morgan fingerprint density at radius 3 is 2.64 bits per heavy atom. The first-order valence-corrected chi connectivity index (χ1v) is 8.31. The maximum Gasteiger partial charge on any atom is 0.256 e. The van der Waals surface area contributed by atoms with Crippen LogP contribution in [0.3, 0.4) is 0 Å². The number of hydrogen-bond donors (Lipinski definition) is 2. The molecule has 3 rings (SSSR count). The van der Waals surface area contributed by atoms with Crippen LogP contribution >= 0.6 is 11.6 Å². The number of hydrogen-bond acceptors (Lipinski definition) is 5. The average Bonchev–Trinajstić information content (AvgIpc) is 2.95. The number of aromatic hydroxyl groups is 2. The molecule has 1 aliphatic heterocycles. The van der Waals surface area contributed by atoms with E-state index in [1.165, 1.54) is 18.2 Å². The lowest BCUT2D eigenvalue weighted by atomic mass is 10.1. The fourth-order valence-electron chi connectivity index (χ4n) is 2.30. The number of rotatable bonds is 2. The maximum absolute atomic E-state index is 14.0. The molecule has 0 aliphatic carbocycles. The first-order chi connectivity index (χ1) is 10.3. The summed E-state index contributed by atoms with van der Waals surface area (Å²) in [6.45, 7) is 0.111. The van der Waals surface area contributed by atoms with Crippen molar-refractivity contribution < 1.29 is 27.4 Å². The molecule has 22 heavy (non-hydrogen) atoms. The normalized spacial score (nSPS) is 17.1. The second-order valence-corrected chi connectivity index (χ2v) is 7.20. The zero-order valence-corrected chi connectivity index (χ0v) is 12.7. The van der Waals surface area contributed by atoms with Gasteiger partial charge in [0.15, 0.2) is 11.6 Å². The molecule has 2 N–H and O–H groups in total. The SMILES string of the molecule is O=S1(=O)CCCN1c1oc(-c2cccc(Cl)c2F)c(O)c1O. The van der Waals surface area contributed by atoms with Gasteiger partial charge in [0.25, 0.3) is 5.88 Å². The molecule has 2 heterocycles. The highest BCUT2D eigenvalue weighted by molar-refractivity contribution is 7.93. The van der Waals surface area contributed by atoms with Crippen LogP contribution in [0.5, 0.6) is 11.5 Å². The van der Waals surface area contributed by atoms with Crippen LogP contribution in [-0.2, 0) is 10.0 Å². The van der Waals surface area contributed by atoms with Gasteiger partial charge in [-0.05, 0) is 18.6 Å². The van der Waals surface area contributed by atoms with Crippen molar-refractivity contribution in [3.63, 3.8) is 0 Å². The lowest BCUT2D eigenvalue weighted by Gasteiger charge is -2.12. The van der Waals surface area contributed by atoms with E-state index in [0.717, 1.165) is 4.31 Å². The lowest BCUT2D eigenvalue weighted by molar-refractivity contribution is 0.409. The van der Waals surface area contributed by atoms with Gasteiger partial charge in [-0.2, -0.15) is 0 Å². The van der Waals surface area contributed by atoms with Crippen molar-refractivity contribution in [2.75, 3.05) is 16.6 Å². The largest absolute Gasteiger partial charge is 0.502 e. The minimum Gasteiger partial charge on any atom is -0.502 e. The number of anilines is 1. The summed E-state index contributed by atoms with van der Waals surface area (Å²) in [5, 5.41) is 19.7. The van der Waals surface area contributed by atoms with E-state index in [1.807, 2.05) is 0 Å². The topological polar surface area (TPSA) is 91.0 Å². The van der Waals surface area contributed by atoms with Crippen molar-refractivity contribution in [1.29, 1.82) is 0 Å². The van der Waals surface area contributed by atoms with Crippen LogP contribution in [0.1, 0.15) is 6.42 Å². The predicted molar refractivity (Wildman–Crippen MR) is 78.2 cm³/mol. The van der Waals surface area contributed by atoms with Gasteiger partial charge in [0, 0.05) is 6.54 Å². The Morgan fingerprint density at radius 2 is 2.00 bits per heavy atom. The van der Waals surface area contributed by atoms with E-state index in [2.05, 4.69) is 0 Å². The van der Waals surface area contributed by atoms with E-state index in [0.29, 0.717) is 6.42 Å². The quantitative estimate of drug-likeness (QED) is 0.871. The van der Waals surface area contributed by atoms with Crippen LogP contribution in [-0.4, -0.2) is 30.9 Å². The molecule has 0 saturated carbocycles. The minimum absolute atomic E-state index is 0.0885.